The highest BCUT2D eigenvalue weighted by atomic mass is 32.1. The van der Waals surface area contributed by atoms with Crippen molar-refractivity contribution in [1.29, 1.82) is 0 Å². The molecule has 6 heteroatoms. The van der Waals surface area contributed by atoms with Crippen molar-refractivity contribution in [2.24, 2.45) is 0 Å². The lowest BCUT2D eigenvalue weighted by Gasteiger charge is -2.11. The number of hydrogen-bond acceptors (Lipinski definition) is 5. The number of aryl methyl sites for hydroxylation is 2. The van der Waals surface area contributed by atoms with Gasteiger partial charge in [0, 0.05) is 17.1 Å². The summed E-state index contributed by atoms with van der Waals surface area (Å²) < 4.78 is 0. The summed E-state index contributed by atoms with van der Waals surface area (Å²) in [6, 6.07) is 1.49. The van der Waals surface area contributed by atoms with Crippen LogP contribution in [0.2, 0.25) is 0 Å². The molecule has 2 heterocycles. The van der Waals surface area contributed by atoms with Gasteiger partial charge < -0.3 is 10.3 Å². The zero-order chi connectivity index (χ0) is 12.4. The van der Waals surface area contributed by atoms with E-state index in [1.54, 1.807) is 18.3 Å². The normalized spacial score (nSPS) is 12.4. The van der Waals surface area contributed by atoms with Crippen LogP contribution in [-0.4, -0.2) is 15.0 Å². The Balaban J connectivity index is 2.18. The molecule has 17 heavy (non-hydrogen) atoms. The van der Waals surface area contributed by atoms with Crippen molar-refractivity contribution in [2.45, 2.75) is 26.8 Å². The molecular formula is C11H14N4OS. The fourth-order valence-corrected chi connectivity index (χ4v) is 2.29. The standard InChI is InChI=1S/C11H14N4OS/c1-6-5-12-11(17-6)7(2)13-9-4-10(16)15-8(3)14-9/h4-5,7H,1-3H3,(H2,13,14,15,16). The lowest BCUT2D eigenvalue weighted by molar-refractivity contribution is 0.852. The van der Waals surface area contributed by atoms with E-state index in [4.69, 9.17) is 0 Å². The van der Waals surface area contributed by atoms with Crippen molar-refractivity contribution in [3.05, 3.63) is 38.3 Å². The molecule has 1 atom stereocenters. The largest absolute Gasteiger partial charge is 0.361 e. The molecule has 0 amide bonds. The molecule has 0 aliphatic rings. The second-order valence-corrected chi connectivity index (χ2v) is 5.16. The van der Waals surface area contributed by atoms with E-state index in [2.05, 4.69) is 20.3 Å². The van der Waals surface area contributed by atoms with Crippen molar-refractivity contribution < 1.29 is 0 Å². The molecule has 0 aromatic carbocycles. The number of anilines is 1. The highest BCUT2D eigenvalue weighted by Gasteiger charge is 2.10. The number of nitrogens with one attached hydrogen (secondary N) is 2. The zero-order valence-corrected chi connectivity index (χ0v) is 10.8. The Morgan fingerprint density at radius 1 is 1.47 bits per heavy atom. The molecule has 0 saturated carbocycles. The van der Waals surface area contributed by atoms with Crippen LogP contribution in [0.15, 0.2) is 17.1 Å². The first-order valence-electron chi connectivity index (χ1n) is 5.31. The predicted molar refractivity (Wildman–Crippen MR) is 68.5 cm³/mol. The minimum absolute atomic E-state index is 0.0439. The summed E-state index contributed by atoms with van der Waals surface area (Å²) in [6.45, 7) is 5.77. The van der Waals surface area contributed by atoms with E-state index in [0.29, 0.717) is 11.6 Å². The van der Waals surface area contributed by atoms with Crippen LogP contribution < -0.4 is 10.9 Å². The first kappa shape index (κ1) is 11.8. The lowest BCUT2D eigenvalue weighted by Crippen LogP contribution is -2.14. The molecule has 1 unspecified atom stereocenters. The van der Waals surface area contributed by atoms with Crippen LogP contribution >= 0.6 is 11.3 Å². The van der Waals surface area contributed by atoms with Crippen LogP contribution in [0.4, 0.5) is 5.82 Å². The molecule has 0 saturated heterocycles. The van der Waals surface area contributed by atoms with Gasteiger partial charge in [-0.15, -0.1) is 11.3 Å². The van der Waals surface area contributed by atoms with E-state index in [9.17, 15) is 4.79 Å². The topological polar surface area (TPSA) is 70.7 Å². The van der Waals surface area contributed by atoms with Gasteiger partial charge in [0.15, 0.2) is 0 Å². The zero-order valence-electron chi connectivity index (χ0n) is 9.94. The molecule has 0 aliphatic carbocycles. The summed E-state index contributed by atoms with van der Waals surface area (Å²) in [5.41, 5.74) is -0.150. The molecule has 0 bridgehead atoms. The number of nitrogens with zero attached hydrogens (tertiary/aromatic N) is 2. The summed E-state index contributed by atoms with van der Waals surface area (Å²) in [4.78, 5) is 23.6. The van der Waals surface area contributed by atoms with Crippen LogP contribution in [0.1, 0.15) is 28.7 Å². The molecule has 0 aliphatic heterocycles. The molecule has 90 valence electrons. The van der Waals surface area contributed by atoms with Crippen LogP contribution in [-0.2, 0) is 0 Å². The minimum Gasteiger partial charge on any atom is -0.361 e. The Morgan fingerprint density at radius 2 is 2.24 bits per heavy atom. The molecular weight excluding hydrogens is 236 g/mol. The third-order valence-electron chi connectivity index (χ3n) is 2.23. The second-order valence-electron chi connectivity index (χ2n) is 3.89. The number of hydrogen-bond donors (Lipinski definition) is 2. The average molecular weight is 250 g/mol. The molecule has 2 aromatic rings. The van der Waals surface area contributed by atoms with Gasteiger partial charge >= 0.3 is 0 Å². The Morgan fingerprint density at radius 3 is 2.82 bits per heavy atom. The average Bonchev–Trinajstić information content (AvgIpc) is 2.63. The number of thiazole rings is 1. The van der Waals surface area contributed by atoms with Crippen LogP contribution in [0.25, 0.3) is 0 Å². The van der Waals surface area contributed by atoms with Crippen LogP contribution in [0.3, 0.4) is 0 Å². The third-order valence-corrected chi connectivity index (χ3v) is 3.33. The quantitative estimate of drug-likeness (QED) is 0.874. The Hall–Kier alpha value is -1.69. The Kier molecular flexibility index (Phi) is 3.23. The second kappa shape index (κ2) is 4.67. The van der Waals surface area contributed by atoms with E-state index < -0.39 is 0 Å². The van der Waals surface area contributed by atoms with Crippen molar-refractivity contribution >= 4 is 17.2 Å². The fraction of sp³-hybridized carbons (Fsp3) is 0.364. The fourth-order valence-electron chi connectivity index (χ4n) is 1.51. The molecule has 0 fully saturated rings. The van der Waals surface area contributed by atoms with E-state index in [1.807, 2.05) is 20.0 Å². The van der Waals surface area contributed by atoms with Gasteiger partial charge in [0.1, 0.15) is 16.6 Å². The number of H-pyrrole nitrogens is 1. The monoisotopic (exact) mass is 250 g/mol. The molecule has 2 rings (SSSR count). The van der Waals surface area contributed by atoms with Gasteiger partial charge in [-0.2, -0.15) is 0 Å². The van der Waals surface area contributed by atoms with Crippen molar-refractivity contribution in [2.75, 3.05) is 5.32 Å². The van der Waals surface area contributed by atoms with E-state index in [-0.39, 0.29) is 11.6 Å². The highest BCUT2D eigenvalue weighted by Crippen LogP contribution is 2.21. The maximum absolute atomic E-state index is 11.3. The molecule has 2 N–H and O–H groups in total. The summed E-state index contributed by atoms with van der Waals surface area (Å²) >= 11 is 1.64. The maximum Gasteiger partial charge on any atom is 0.252 e. The summed E-state index contributed by atoms with van der Waals surface area (Å²) in [7, 11) is 0. The van der Waals surface area contributed by atoms with Gasteiger partial charge in [-0.3, -0.25) is 4.79 Å². The maximum atomic E-state index is 11.3. The van der Waals surface area contributed by atoms with Gasteiger partial charge in [-0.05, 0) is 20.8 Å². The van der Waals surface area contributed by atoms with Crippen LogP contribution in [0, 0.1) is 13.8 Å². The van der Waals surface area contributed by atoms with Crippen molar-refractivity contribution in [3.63, 3.8) is 0 Å². The first-order valence-corrected chi connectivity index (χ1v) is 6.13. The van der Waals surface area contributed by atoms with Gasteiger partial charge in [-0.25, -0.2) is 9.97 Å². The highest BCUT2D eigenvalue weighted by molar-refractivity contribution is 7.11. The van der Waals surface area contributed by atoms with Gasteiger partial charge in [-0.1, -0.05) is 0 Å². The summed E-state index contributed by atoms with van der Waals surface area (Å²) in [6.07, 6.45) is 1.84. The summed E-state index contributed by atoms with van der Waals surface area (Å²) in [5, 5.41) is 4.16. The van der Waals surface area contributed by atoms with Gasteiger partial charge in [0.05, 0.1) is 6.04 Å². The SMILES string of the molecule is Cc1nc(NC(C)c2ncc(C)s2)cc(=O)[nH]1. The molecule has 5 nitrogen and oxygen atoms in total. The molecule has 2 aromatic heterocycles. The number of aromatic nitrogens is 3. The predicted octanol–water partition coefficient (Wildman–Crippen LogP) is 2.02. The Labute approximate surface area is 103 Å². The first-order chi connectivity index (χ1) is 8.04. The number of rotatable bonds is 3. The smallest absolute Gasteiger partial charge is 0.252 e. The van der Waals surface area contributed by atoms with Crippen molar-refractivity contribution in [1.82, 2.24) is 15.0 Å². The minimum atomic E-state index is -0.150. The van der Waals surface area contributed by atoms with Gasteiger partial charge in [0.25, 0.3) is 5.56 Å². The molecule has 0 spiro atoms. The summed E-state index contributed by atoms with van der Waals surface area (Å²) in [5.74, 6) is 1.18. The third kappa shape index (κ3) is 2.91. The lowest BCUT2D eigenvalue weighted by atomic mass is 10.3. The Bertz CT molecular complexity index is 575. The van der Waals surface area contributed by atoms with E-state index in [0.717, 1.165) is 5.01 Å². The van der Waals surface area contributed by atoms with E-state index >= 15 is 0 Å². The van der Waals surface area contributed by atoms with E-state index in [1.165, 1.54) is 10.9 Å². The number of aromatic amines is 1. The van der Waals surface area contributed by atoms with Crippen molar-refractivity contribution in [3.8, 4) is 0 Å². The van der Waals surface area contributed by atoms with Crippen LogP contribution in [0.5, 0.6) is 0 Å². The van der Waals surface area contributed by atoms with Gasteiger partial charge in [0.2, 0.25) is 0 Å². The molecule has 0 radical (unpaired) electrons.